The van der Waals surface area contributed by atoms with Crippen LogP contribution in [-0.4, -0.2) is 0 Å². The largest absolute Gasteiger partial charge is 1.00 e. The van der Waals surface area contributed by atoms with Gasteiger partial charge in [-0.05, 0) is 5.39 Å². The number of nitrogens with zero attached hydrogens (tertiary/aromatic N) is 1. The minimum atomic E-state index is 0. The predicted octanol–water partition coefficient (Wildman–Crippen LogP) is -1.20. The number of benzene rings is 1. The first-order valence-electron chi connectivity index (χ1n) is 2.93. The van der Waals surface area contributed by atoms with Crippen molar-refractivity contribution in [2.45, 2.75) is 0 Å². The van der Waals surface area contributed by atoms with Crippen molar-refractivity contribution in [1.82, 2.24) is 4.98 Å². The number of hydrogen-bond donors (Lipinski definition) is 0. The summed E-state index contributed by atoms with van der Waals surface area (Å²) in [5.74, 6) is 0. The molecule has 2 heteroatoms. The van der Waals surface area contributed by atoms with Gasteiger partial charge in [0.25, 0.3) is 0 Å². The van der Waals surface area contributed by atoms with Crippen molar-refractivity contribution >= 4 is 10.9 Å². The smallest absolute Gasteiger partial charge is 0.664 e. The van der Waals surface area contributed by atoms with Gasteiger partial charge < -0.3 is 4.98 Å². The van der Waals surface area contributed by atoms with E-state index in [4.69, 9.17) is 0 Å². The zero-order valence-corrected chi connectivity index (χ0v) is 9.03. The minimum absolute atomic E-state index is 0. The van der Waals surface area contributed by atoms with E-state index >= 15 is 0 Å². The van der Waals surface area contributed by atoms with Gasteiger partial charge in [0.1, 0.15) is 0 Å². The molecule has 1 aromatic carbocycles. The van der Waals surface area contributed by atoms with E-state index in [0.29, 0.717) is 0 Å². The molecule has 0 aliphatic heterocycles. The van der Waals surface area contributed by atoms with Crippen LogP contribution in [0.1, 0.15) is 0 Å². The zero-order valence-electron chi connectivity index (χ0n) is 5.91. The predicted molar refractivity (Wildman–Crippen MR) is 37.3 cm³/mol. The fourth-order valence-electron chi connectivity index (χ4n) is 0.944. The number of aromatic nitrogens is 1. The quantitative estimate of drug-likeness (QED) is 0.436. The summed E-state index contributed by atoms with van der Waals surface area (Å²) in [6.45, 7) is 0. The van der Waals surface area contributed by atoms with Crippen molar-refractivity contribution in [3.05, 3.63) is 36.5 Å². The third-order valence-electron chi connectivity index (χ3n) is 1.40. The fourth-order valence-corrected chi connectivity index (χ4v) is 0.944. The molecule has 0 amide bonds. The second kappa shape index (κ2) is 3.69. The first-order valence-corrected chi connectivity index (χ1v) is 2.93. The molecule has 0 aliphatic rings. The van der Waals surface area contributed by atoms with E-state index in [9.17, 15) is 0 Å². The van der Waals surface area contributed by atoms with Gasteiger partial charge >= 0.3 is 51.4 Å². The molecule has 1 heterocycles. The van der Waals surface area contributed by atoms with Crippen molar-refractivity contribution in [3.63, 3.8) is 0 Å². The molecule has 0 unspecified atom stereocenters. The van der Waals surface area contributed by atoms with E-state index in [1.807, 2.05) is 30.5 Å². The SMILES string of the molecule is [K+].c1ccc2[n-]ccc2c1. The van der Waals surface area contributed by atoms with Crippen molar-refractivity contribution in [1.29, 1.82) is 0 Å². The van der Waals surface area contributed by atoms with Crippen LogP contribution in [0.15, 0.2) is 36.5 Å². The van der Waals surface area contributed by atoms with Gasteiger partial charge in [-0.3, -0.25) is 0 Å². The maximum absolute atomic E-state index is 4.12. The number of rotatable bonds is 0. The third kappa shape index (κ3) is 1.52. The topological polar surface area (TPSA) is 14.1 Å². The van der Waals surface area contributed by atoms with Crippen LogP contribution in [0.25, 0.3) is 10.9 Å². The van der Waals surface area contributed by atoms with E-state index in [0.717, 1.165) is 5.52 Å². The van der Waals surface area contributed by atoms with E-state index in [1.165, 1.54) is 5.39 Å². The number of fused-ring (bicyclic) bond motifs is 1. The molecule has 0 N–H and O–H groups in total. The maximum atomic E-state index is 4.12. The number of para-hydroxylation sites is 1. The van der Waals surface area contributed by atoms with Gasteiger partial charge in [0.05, 0.1) is 0 Å². The van der Waals surface area contributed by atoms with Gasteiger partial charge in [0.15, 0.2) is 0 Å². The monoisotopic (exact) mass is 155 g/mol. The molecule has 0 saturated heterocycles. The van der Waals surface area contributed by atoms with Crippen LogP contribution in [0.2, 0.25) is 0 Å². The van der Waals surface area contributed by atoms with E-state index < -0.39 is 0 Å². The molecule has 0 radical (unpaired) electrons. The molecule has 1 nitrogen and oxygen atoms in total. The maximum Gasteiger partial charge on any atom is 1.00 e. The average molecular weight is 155 g/mol. The molecular formula is C8H6KN. The first-order chi connectivity index (χ1) is 4.47. The Kier molecular flexibility index (Phi) is 3.13. The minimum Gasteiger partial charge on any atom is -0.664 e. The summed E-state index contributed by atoms with van der Waals surface area (Å²) < 4.78 is 0. The van der Waals surface area contributed by atoms with Crippen LogP contribution >= 0.6 is 0 Å². The summed E-state index contributed by atoms with van der Waals surface area (Å²) in [5, 5.41) is 1.22. The van der Waals surface area contributed by atoms with Gasteiger partial charge in [-0.1, -0.05) is 30.3 Å². The number of hydrogen-bond acceptors (Lipinski definition) is 0. The van der Waals surface area contributed by atoms with Gasteiger partial charge in [0, 0.05) is 0 Å². The standard InChI is InChI=1S/C8H6N.K/c1-2-4-8-7(3-1)5-6-9-8;/h1-6H;/q-1;+1. The van der Waals surface area contributed by atoms with Crippen molar-refractivity contribution in [2.24, 2.45) is 0 Å². The molecule has 2 rings (SSSR count). The van der Waals surface area contributed by atoms with E-state index in [1.54, 1.807) is 0 Å². The van der Waals surface area contributed by atoms with Crippen LogP contribution in [-0.2, 0) is 0 Å². The van der Waals surface area contributed by atoms with Gasteiger partial charge in [-0.15, -0.1) is 5.52 Å². The normalized spacial score (nSPS) is 9.20. The molecule has 0 aliphatic carbocycles. The Balaban J connectivity index is 0.000000500. The summed E-state index contributed by atoms with van der Waals surface area (Å²) >= 11 is 0. The molecule has 0 spiro atoms. The van der Waals surface area contributed by atoms with Crippen molar-refractivity contribution in [2.75, 3.05) is 0 Å². The Hall–Kier alpha value is 0.396. The molecule has 0 bridgehead atoms. The Labute approximate surface area is 102 Å². The summed E-state index contributed by atoms with van der Waals surface area (Å²) in [5.41, 5.74) is 1.08. The van der Waals surface area contributed by atoms with Crippen LogP contribution in [0, 0.1) is 0 Å². The molecule has 0 fully saturated rings. The molecule has 0 saturated carbocycles. The zero-order chi connectivity index (χ0) is 6.10. The van der Waals surface area contributed by atoms with Crippen LogP contribution in [0.4, 0.5) is 0 Å². The van der Waals surface area contributed by atoms with Crippen molar-refractivity contribution in [3.8, 4) is 0 Å². The Morgan fingerprint density at radius 2 is 1.80 bits per heavy atom. The Bertz CT molecular complexity index is 283. The summed E-state index contributed by atoms with van der Waals surface area (Å²) in [7, 11) is 0. The van der Waals surface area contributed by atoms with Crippen LogP contribution < -0.4 is 56.4 Å². The average Bonchev–Trinajstić information content (AvgIpc) is 2.33. The Morgan fingerprint density at radius 1 is 1.00 bits per heavy atom. The molecule has 44 valence electrons. The van der Waals surface area contributed by atoms with Gasteiger partial charge in [-0.25, -0.2) is 0 Å². The van der Waals surface area contributed by atoms with Gasteiger partial charge in [0.2, 0.25) is 0 Å². The second-order valence-corrected chi connectivity index (χ2v) is 2.00. The summed E-state index contributed by atoms with van der Waals surface area (Å²) in [6.07, 6.45) is 1.82. The Morgan fingerprint density at radius 3 is 2.60 bits per heavy atom. The van der Waals surface area contributed by atoms with Crippen LogP contribution in [0.3, 0.4) is 0 Å². The van der Waals surface area contributed by atoms with E-state index in [2.05, 4.69) is 11.1 Å². The molecular weight excluding hydrogens is 149 g/mol. The van der Waals surface area contributed by atoms with Crippen molar-refractivity contribution < 1.29 is 51.4 Å². The fraction of sp³-hybridized carbons (Fsp3) is 0. The first kappa shape index (κ1) is 8.49. The summed E-state index contributed by atoms with van der Waals surface area (Å²) in [6, 6.07) is 10.1. The molecule has 2 aromatic rings. The van der Waals surface area contributed by atoms with Gasteiger partial charge in [-0.2, -0.15) is 6.20 Å². The van der Waals surface area contributed by atoms with Crippen LogP contribution in [0.5, 0.6) is 0 Å². The van der Waals surface area contributed by atoms with E-state index in [-0.39, 0.29) is 51.4 Å². The molecule has 10 heavy (non-hydrogen) atoms. The molecule has 0 atom stereocenters. The summed E-state index contributed by atoms with van der Waals surface area (Å²) in [4.78, 5) is 4.12. The third-order valence-corrected chi connectivity index (χ3v) is 1.40. The molecule has 1 aromatic heterocycles. The second-order valence-electron chi connectivity index (χ2n) is 2.00.